The molecule has 1 aliphatic heterocycles. The summed E-state index contributed by atoms with van der Waals surface area (Å²) in [4.78, 5) is 24.4. The fourth-order valence-electron chi connectivity index (χ4n) is 2.54. The summed E-state index contributed by atoms with van der Waals surface area (Å²) in [6.45, 7) is 2.98. The lowest BCUT2D eigenvalue weighted by Crippen LogP contribution is -2.40. The van der Waals surface area contributed by atoms with Gasteiger partial charge in [0.2, 0.25) is 0 Å². The molecule has 114 valence electrons. The summed E-state index contributed by atoms with van der Waals surface area (Å²) >= 11 is 0. The van der Waals surface area contributed by atoms with Crippen LogP contribution < -0.4 is 5.32 Å². The maximum absolute atomic E-state index is 12.3. The zero-order chi connectivity index (χ0) is 15.4. The van der Waals surface area contributed by atoms with E-state index in [9.17, 15) is 4.79 Å². The van der Waals surface area contributed by atoms with E-state index in [2.05, 4.69) is 20.3 Å². The Labute approximate surface area is 129 Å². The SMILES string of the molecule is Cc1ncc(C(=O)N[C@H]2COC[C@H]2Cc2ccncc2)cn1. The van der Waals surface area contributed by atoms with Crippen LogP contribution >= 0.6 is 0 Å². The molecular weight excluding hydrogens is 280 g/mol. The fourth-order valence-corrected chi connectivity index (χ4v) is 2.54. The zero-order valence-electron chi connectivity index (χ0n) is 12.4. The van der Waals surface area contributed by atoms with Crippen molar-refractivity contribution < 1.29 is 9.53 Å². The molecule has 0 saturated carbocycles. The number of pyridine rings is 1. The Morgan fingerprint density at radius 3 is 2.73 bits per heavy atom. The van der Waals surface area contributed by atoms with Gasteiger partial charge in [0.1, 0.15) is 5.82 Å². The number of nitrogens with one attached hydrogen (secondary N) is 1. The summed E-state index contributed by atoms with van der Waals surface area (Å²) in [6, 6.07) is 3.98. The van der Waals surface area contributed by atoms with E-state index in [0.29, 0.717) is 24.6 Å². The van der Waals surface area contributed by atoms with E-state index >= 15 is 0 Å². The standard InChI is InChI=1S/C16H18N4O2/c1-11-18-7-14(8-19-11)16(21)20-15-10-22-9-13(15)6-12-2-4-17-5-3-12/h2-5,7-8,13,15H,6,9-10H2,1H3,(H,20,21)/t13-,15+/m1/s1. The molecule has 1 fully saturated rings. The van der Waals surface area contributed by atoms with Gasteiger partial charge in [-0.25, -0.2) is 9.97 Å². The zero-order valence-corrected chi connectivity index (χ0v) is 12.4. The first kappa shape index (κ1) is 14.6. The Balaban J connectivity index is 1.63. The van der Waals surface area contributed by atoms with Crippen molar-refractivity contribution in [3.63, 3.8) is 0 Å². The molecule has 1 amide bonds. The highest BCUT2D eigenvalue weighted by atomic mass is 16.5. The van der Waals surface area contributed by atoms with Gasteiger partial charge in [0.25, 0.3) is 5.91 Å². The van der Waals surface area contributed by atoms with Crippen LogP contribution in [-0.2, 0) is 11.2 Å². The molecule has 3 heterocycles. The molecule has 2 atom stereocenters. The first-order chi connectivity index (χ1) is 10.7. The molecule has 22 heavy (non-hydrogen) atoms. The summed E-state index contributed by atoms with van der Waals surface area (Å²) in [5.41, 5.74) is 1.67. The van der Waals surface area contributed by atoms with Crippen LogP contribution in [0.1, 0.15) is 21.7 Å². The fraction of sp³-hybridized carbons (Fsp3) is 0.375. The van der Waals surface area contributed by atoms with Crippen LogP contribution in [0, 0.1) is 12.8 Å². The normalized spacial score (nSPS) is 20.8. The third kappa shape index (κ3) is 3.46. The van der Waals surface area contributed by atoms with Gasteiger partial charge < -0.3 is 10.1 Å². The van der Waals surface area contributed by atoms with Crippen molar-refractivity contribution in [1.29, 1.82) is 0 Å². The second-order valence-electron chi connectivity index (χ2n) is 5.46. The van der Waals surface area contributed by atoms with Crippen molar-refractivity contribution in [3.05, 3.63) is 53.9 Å². The number of carbonyl (C=O) groups excluding carboxylic acids is 1. The lowest BCUT2D eigenvalue weighted by Gasteiger charge is -2.19. The molecule has 1 N–H and O–H groups in total. The summed E-state index contributed by atoms with van der Waals surface area (Å²) in [5.74, 6) is 0.754. The van der Waals surface area contributed by atoms with E-state index in [0.717, 1.165) is 6.42 Å². The summed E-state index contributed by atoms with van der Waals surface area (Å²) in [5, 5.41) is 3.03. The minimum absolute atomic E-state index is 0.00182. The van der Waals surface area contributed by atoms with Gasteiger partial charge in [-0.3, -0.25) is 9.78 Å². The molecule has 2 aromatic rings. The number of amides is 1. The smallest absolute Gasteiger partial charge is 0.254 e. The molecular formula is C16H18N4O2. The molecule has 1 saturated heterocycles. The van der Waals surface area contributed by atoms with Crippen molar-refractivity contribution >= 4 is 5.91 Å². The lowest BCUT2D eigenvalue weighted by molar-refractivity contribution is 0.0924. The van der Waals surface area contributed by atoms with E-state index in [1.165, 1.54) is 5.56 Å². The Kier molecular flexibility index (Phi) is 4.39. The van der Waals surface area contributed by atoms with Gasteiger partial charge in [0.05, 0.1) is 24.8 Å². The monoisotopic (exact) mass is 298 g/mol. The molecule has 1 aliphatic rings. The molecule has 2 aromatic heterocycles. The van der Waals surface area contributed by atoms with Gasteiger partial charge in [-0.2, -0.15) is 0 Å². The van der Waals surface area contributed by atoms with Gasteiger partial charge >= 0.3 is 0 Å². The van der Waals surface area contributed by atoms with E-state index < -0.39 is 0 Å². The minimum atomic E-state index is -0.157. The molecule has 0 radical (unpaired) electrons. The number of aromatic nitrogens is 3. The number of ether oxygens (including phenoxy) is 1. The van der Waals surface area contributed by atoms with Crippen LogP contribution in [0.3, 0.4) is 0 Å². The predicted molar refractivity (Wildman–Crippen MR) is 80.3 cm³/mol. The third-order valence-corrected chi connectivity index (χ3v) is 3.81. The highest BCUT2D eigenvalue weighted by Crippen LogP contribution is 2.19. The van der Waals surface area contributed by atoms with Crippen molar-refractivity contribution in [2.75, 3.05) is 13.2 Å². The van der Waals surface area contributed by atoms with Gasteiger partial charge in [0, 0.05) is 30.7 Å². The first-order valence-electron chi connectivity index (χ1n) is 7.28. The second kappa shape index (κ2) is 6.62. The topological polar surface area (TPSA) is 77.0 Å². The number of rotatable bonds is 4. The largest absolute Gasteiger partial charge is 0.379 e. The number of aryl methyl sites for hydroxylation is 1. The van der Waals surface area contributed by atoms with Crippen LogP contribution in [0.4, 0.5) is 0 Å². The van der Waals surface area contributed by atoms with Gasteiger partial charge in [-0.15, -0.1) is 0 Å². The molecule has 0 aliphatic carbocycles. The van der Waals surface area contributed by atoms with Crippen LogP contribution in [0.5, 0.6) is 0 Å². The molecule has 0 aromatic carbocycles. The van der Waals surface area contributed by atoms with Crippen LogP contribution in [-0.4, -0.2) is 40.1 Å². The Morgan fingerprint density at radius 2 is 2.00 bits per heavy atom. The third-order valence-electron chi connectivity index (χ3n) is 3.81. The van der Waals surface area contributed by atoms with E-state index in [1.54, 1.807) is 31.7 Å². The van der Waals surface area contributed by atoms with Crippen molar-refractivity contribution in [1.82, 2.24) is 20.3 Å². The molecule has 0 unspecified atom stereocenters. The van der Waals surface area contributed by atoms with E-state index in [4.69, 9.17) is 4.74 Å². The Hall–Kier alpha value is -2.34. The lowest BCUT2D eigenvalue weighted by atomic mass is 9.95. The quantitative estimate of drug-likeness (QED) is 0.917. The van der Waals surface area contributed by atoms with Gasteiger partial charge in [-0.05, 0) is 31.0 Å². The molecule has 0 bridgehead atoms. The molecule has 6 nitrogen and oxygen atoms in total. The summed E-state index contributed by atoms with van der Waals surface area (Å²) < 4.78 is 5.54. The Bertz CT molecular complexity index is 630. The highest BCUT2D eigenvalue weighted by molar-refractivity contribution is 5.93. The van der Waals surface area contributed by atoms with Crippen molar-refractivity contribution in [2.45, 2.75) is 19.4 Å². The van der Waals surface area contributed by atoms with E-state index in [-0.39, 0.29) is 17.9 Å². The predicted octanol–water partition coefficient (Wildman–Crippen LogP) is 1.17. The highest BCUT2D eigenvalue weighted by Gasteiger charge is 2.30. The van der Waals surface area contributed by atoms with Crippen LogP contribution in [0.2, 0.25) is 0 Å². The number of hydrogen-bond donors (Lipinski definition) is 1. The van der Waals surface area contributed by atoms with Gasteiger partial charge in [0.15, 0.2) is 0 Å². The minimum Gasteiger partial charge on any atom is -0.379 e. The maximum atomic E-state index is 12.3. The number of nitrogens with zero attached hydrogens (tertiary/aromatic N) is 3. The first-order valence-corrected chi connectivity index (χ1v) is 7.28. The second-order valence-corrected chi connectivity index (χ2v) is 5.46. The van der Waals surface area contributed by atoms with Crippen LogP contribution in [0.25, 0.3) is 0 Å². The van der Waals surface area contributed by atoms with Gasteiger partial charge in [-0.1, -0.05) is 0 Å². The molecule has 6 heteroatoms. The average Bonchev–Trinajstić information content (AvgIpc) is 2.96. The average molecular weight is 298 g/mol. The molecule has 3 rings (SSSR count). The summed E-state index contributed by atoms with van der Waals surface area (Å²) in [7, 11) is 0. The number of hydrogen-bond acceptors (Lipinski definition) is 5. The van der Waals surface area contributed by atoms with Crippen molar-refractivity contribution in [2.24, 2.45) is 5.92 Å². The number of carbonyl (C=O) groups is 1. The molecule has 0 spiro atoms. The summed E-state index contributed by atoms with van der Waals surface area (Å²) in [6.07, 6.45) is 7.51. The maximum Gasteiger partial charge on any atom is 0.254 e. The van der Waals surface area contributed by atoms with E-state index in [1.807, 2.05) is 12.1 Å². The van der Waals surface area contributed by atoms with Crippen LogP contribution in [0.15, 0.2) is 36.9 Å². The Morgan fingerprint density at radius 1 is 1.27 bits per heavy atom. The van der Waals surface area contributed by atoms with Crippen molar-refractivity contribution in [3.8, 4) is 0 Å².